The zero-order valence-electron chi connectivity index (χ0n) is 15.0. The lowest BCUT2D eigenvalue weighted by Gasteiger charge is -2.22. The molecule has 1 amide bonds. The molecule has 6 nitrogen and oxygen atoms in total. The molecule has 1 heterocycles. The molecule has 7 heteroatoms. The molecule has 1 fully saturated rings. The molecule has 1 aliphatic rings. The summed E-state index contributed by atoms with van der Waals surface area (Å²) in [6.07, 6.45) is 1.61. The maximum Gasteiger partial charge on any atom is 0.295 e. The Morgan fingerprint density at radius 1 is 1.22 bits per heavy atom. The van der Waals surface area contributed by atoms with Crippen LogP contribution in [-0.4, -0.2) is 45.0 Å². The van der Waals surface area contributed by atoms with Gasteiger partial charge >= 0.3 is 0 Å². The minimum absolute atomic E-state index is 0.107. The van der Waals surface area contributed by atoms with Gasteiger partial charge in [-0.05, 0) is 23.8 Å². The van der Waals surface area contributed by atoms with Crippen LogP contribution in [0.15, 0.2) is 58.1 Å². The maximum absolute atomic E-state index is 12.0. The van der Waals surface area contributed by atoms with E-state index in [-0.39, 0.29) is 5.91 Å². The number of nitrogens with one attached hydrogen (secondary N) is 2. The third kappa shape index (κ3) is 6.46. The van der Waals surface area contributed by atoms with E-state index in [4.69, 9.17) is 9.47 Å². The third-order valence-electron chi connectivity index (χ3n) is 4.21. The minimum Gasteiger partial charge on any atom is -0.488 e. The van der Waals surface area contributed by atoms with Crippen LogP contribution in [0.2, 0.25) is 0 Å². The maximum atomic E-state index is 12.0. The first-order chi connectivity index (χ1) is 13.2. The number of hydrogen-bond donors (Lipinski definition) is 2. The van der Waals surface area contributed by atoms with Crippen LogP contribution in [-0.2, 0) is 16.1 Å². The number of ether oxygens (including phenoxy) is 2. The quantitative estimate of drug-likeness (QED) is 0.513. The normalized spacial score (nSPS) is 15.0. The number of hydrogen-bond acceptors (Lipinski definition) is 4. The van der Waals surface area contributed by atoms with Crippen molar-refractivity contribution in [2.75, 3.05) is 32.8 Å². The average molecular weight is 433 g/mol. The van der Waals surface area contributed by atoms with Gasteiger partial charge in [-0.2, -0.15) is 5.10 Å². The summed E-state index contributed by atoms with van der Waals surface area (Å²) in [5.74, 6) is 0.601. The molecule has 0 aromatic heterocycles. The zero-order chi connectivity index (χ0) is 18.9. The number of rotatable bonds is 7. The van der Waals surface area contributed by atoms with E-state index in [2.05, 4.69) is 26.5 Å². The molecule has 2 N–H and O–H groups in total. The van der Waals surface area contributed by atoms with E-state index in [1.54, 1.807) is 6.21 Å². The standard InChI is InChI=1S/C20H22BrN3O3/c21-18-6-7-19(27-15-16-4-2-1-3-5-16)17(12-18)13-22-23-20(25)14-24-8-10-26-11-9-24/h1-7,12-13H,8-11,14-15H2,(H,23,25)/p+1/b22-13-. The Kier molecular flexibility index (Phi) is 7.38. The van der Waals surface area contributed by atoms with E-state index < -0.39 is 0 Å². The summed E-state index contributed by atoms with van der Waals surface area (Å²) >= 11 is 3.46. The van der Waals surface area contributed by atoms with E-state index in [1.807, 2.05) is 48.5 Å². The molecule has 0 aliphatic carbocycles. The highest BCUT2D eigenvalue weighted by Gasteiger charge is 2.17. The predicted octanol–water partition coefficient (Wildman–Crippen LogP) is 1.39. The Balaban J connectivity index is 1.57. The molecule has 0 unspecified atom stereocenters. The van der Waals surface area contributed by atoms with Crippen molar-refractivity contribution in [2.24, 2.45) is 5.10 Å². The van der Waals surface area contributed by atoms with Crippen molar-refractivity contribution in [3.05, 3.63) is 64.1 Å². The molecule has 142 valence electrons. The highest BCUT2D eigenvalue weighted by Crippen LogP contribution is 2.22. The van der Waals surface area contributed by atoms with Crippen LogP contribution < -0.4 is 15.1 Å². The Bertz CT molecular complexity index is 777. The number of benzene rings is 2. The van der Waals surface area contributed by atoms with Gasteiger partial charge in [-0.15, -0.1) is 0 Å². The smallest absolute Gasteiger partial charge is 0.295 e. The molecule has 0 bridgehead atoms. The SMILES string of the molecule is O=C(C[NH+]1CCOCC1)N/N=C\c1cc(Br)ccc1OCc1ccccc1. The van der Waals surface area contributed by atoms with Gasteiger partial charge in [-0.1, -0.05) is 46.3 Å². The molecule has 27 heavy (non-hydrogen) atoms. The van der Waals surface area contributed by atoms with Gasteiger partial charge in [0.15, 0.2) is 6.54 Å². The summed E-state index contributed by atoms with van der Waals surface area (Å²) in [6, 6.07) is 15.7. The lowest BCUT2D eigenvalue weighted by atomic mass is 10.2. The van der Waals surface area contributed by atoms with Gasteiger partial charge in [0.2, 0.25) is 0 Å². The zero-order valence-corrected chi connectivity index (χ0v) is 16.6. The van der Waals surface area contributed by atoms with Gasteiger partial charge in [0.1, 0.15) is 25.4 Å². The monoisotopic (exact) mass is 432 g/mol. The summed E-state index contributed by atoms with van der Waals surface area (Å²) < 4.78 is 12.1. The van der Waals surface area contributed by atoms with Crippen LogP contribution in [0.5, 0.6) is 5.75 Å². The lowest BCUT2D eigenvalue weighted by molar-refractivity contribution is -0.900. The second kappa shape index (κ2) is 10.2. The number of carbonyl (C=O) groups excluding carboxylic acids is 1. The van der Waals surface area contributed by atoms with Crippen LogP contribution in [0.25, 0.3) is 0 Å². The first-order valence-corrected chi connectivity index (χ1v) is 9.69. The Morgan fingerprint density at radius 2 is 2.00 bits per heavy atom. The van der Waals surface area contributed by atoms with Crippen LogP contribution >= 0.6 is 15.9 Å². The average Bonchev–Trinajstić information content (AvgIpc) is 2.69. The summed E-state index contributed by atoms with van der Waals surface area (Å²) in [5, 5.41) is 4.09. The highest BCUT2D eigenvalue weighted by molar-refractivity contribution is 9.10. The second-order valence-electron chi connectivity index (χ2n) is 6.29. The molecular formula is C20H23BrN3O3+. The van der Waals surface area contributed by atoms with Crippen molar-refractivity contribution < 1.29 is 19.2 Å². The van der Waals surface area contributed by atoms with Crippen molar-refractivity contribution in [1.29, 1.82) is 0 Å². The van der Waals surface area contributed by atoms with E-state index in [0.29, 0.717) is 32.1 Å². The minimum atomic E-state index is -0.107. The van der Waals surface area contributed by atoms with Crippen molar-refractivity contribution >= 4 is 28.1 Å². The van der Waals surface area contributed by atoms with Gasteiger partial charge in [0, 0.05) is 10.0 Å². The van der Waals surface area contributed by atoms with Gasteiger partial charge in [-0.3, -0.25) is 4.79 Å². The number of amides is 1. The fraction of sp³-hybridized carbons (Fsp3) is 0.300. The van der Waals surface area contributed by atoms with E-state index >= 15 is 0 Å². The Hall–Kier alpha value is -2.22. The number of quaternary nitrogens is 1. The van der Waals surface area contributed by atoms with Crippen molar-refractivity contribution in [2.45, 2.75) is 6.61 Å². The van der Waals surface area contributed by atoms with Crippen molar-refractivity contribution in [3.63, 3.8) is 0 Å². The Morgan fingerprint density at radius 3 is 2.78 bits per heavy atom. The van der Waals surface area contributed by atoms with Gasteiger partial charge in [-0.25, -0.2) is 5.43 Å². The van der Waals surface area contributed by atoms with Crippen LogP contribution in [0.1, 0.15) is 11.1 Å². The van der Waals surface area contributed by atoms with Crippen LogP contribution in [0.3, 0.4) is 0 Å². The topological polar surface area (TPSA) is 64.4 Å². The number of carbonyl (C=O) groups is 1. The second-order valence-corrected chi connectivity index (χ2v) is 7.20. The summed E-state index contributed by atoms with van der Waals surface area (Å²) in [6.45, 7) is 3.96. The molecule has 0 atom stereocenters. The lowest BCUT2D eigenvalue weighted by Crippen LogP contribution is -3.15. The molecular weight excluding hydrogens is 410 g/mol. The third-order valence-corrected chi connectivity index (χ3v) is 4.71. The molecule has 0 radical (unpaired) electrons. The summed E-state index contributed by atoms with van der Waals surface area (Å²) in [5.41, 5.74) is 4.48. The molecule has 1 saturated heterocycles. The van der Waals surface area contributed by atoms with E-state index in [0.717, 1.165) is 28.7 Å². The molecule has 0 saturated carbocycles. The van der Waals surface area contributed by atoms with Crippen molar-refractivity contribution in [3.8, 4) is 5.75 Å². The van der Waals surface area contributed by atoms with E-state index in [1.165, 1.54) is 4.90 Å². The number of morpholine rings is 1. The van der Waals surface area contributed by atoms with Gasteiger partial charge in [0.25, 0.3) is 5.91 Å². The number of hydrazone groups is 1. The highest BCUT2D eigenvalue weighted by atomic mass is 79.9. The first kappa shape index (κ1) is 19.5. The fourth-order valence-corrected chi connectivity index (χ4v) is 3.14. The summed E-state index contributed by atoms with van der Waals surface area (Å²) in [4.78, 5) is 13.2. The van der Waals surface area contributed by atoms with Crippen molar-refractivity contribution in [1.82, 2.24) is 5.43 Å². The molecule has 0 spiro atoms. The molecule has 3 rings (SSSR count). The number of nitrogens with zero attached hydrogens (tertiary/aromatic N) is 1. The fourth-order valence-electron chi connectivity index (χ4n) is 2.76. The van der Waals surface area contributed by atoms with Crippen LogP contribution in [0, 0.1) is 0 Å². The molecule has 2 aromatic rings. The van der Waals surface area contributed by atoms with E-state index in [9.17, 15) is 4.79 Å². The van der Waals surface area contributed by atoms with Crippen LogP contribution in [0.4, 0.5) is 0 Å². The summed E-state index contributed by atoms with van der Waals surface area (Å²) in [7, 11) is 0. The largest absolute Gasteiger partial charge is 0.488 e. The molecule has 2 aromatic carbocycles. The van der Waals surface area contributed by atoms with Gasteiger partial charge in [0.05, 0.1) is 19.4 Å². The predicted molar refractivity (Wildman–Crippen MR) is 107 cm³/mol. The Labute approximate surface area is 167 Å². The molecule has 1 aliphatic heterocycles. The number of halogens is 1. The van der Waals surface area contributed by atoms with Gasteiger partial charge < -0.3 is 14.4 Å². The first-order valence-electron chi connectivity index (χ1n) is 8.90.